The summed E-state index contributed by atoms with van der Waals surface area (Å²) in [7, 11) is 0. The van der Waals surface area contributed by atoms with E-state index in [4.69, 9.17) is 5.73 Å². The van der Waals surface area contributed by atoms with Crippen LogP contribution in [0.2, 0.25) is 0 Å². The summed E-state index contributed by atoms with van der Waals surface area (Å²) in [6.45, 7) is 0.843. The van der Waals surface area contributed by atoms with Gasteiger partial charge in [-0.25, -0.2) is 9.07 Å². The molecule has 1 fully saturated rings. The van der Waals surface area contributed by atoms with E-state index < -0.39 is 35.3 Å². The van der Waals surface area contributed by atoms with Crippen LogP contribution in [0.15, 0.2) is 72.8 Å². The molecular formula is C30H26F4N6O. The van der Waals surface area contributed by atoms with Crippen molar-refractivity contribution in [1.29, 1.82) is 5.26 Å². The van der Waals surface area contributed by atoms with E-state index in [2.05, 4.69) is 21.8 Å². The van der Waals surface area contributed by atoms with Crippen molar-refractivity contribution >= 4 is 11.6 Å². The van der Waals surface area contributed by atoms with Crippen molar-refractivity contribution in [3.63, 3.8) is 0 Å². The zero-order chi connectivity index (χ0) is 29.1. The van der Waals surface area contributed by atoms with Gasteiger partial charge in [-0.3, -0.25) is 4.79 Å². The molecule has 5 rings (SSSR count). The van der Waals surface area contributed by atoms with E-state index in [0.29, 0.717) is 35.2 Å². The Labute approximate surface area is 233 Å². The molecule has 210 valence electrons. The third-order valence-corrected chi connectivity index (χ3v) is 6.85. The molecule has 1 atom stereocenters. The van der Waals surface area contributed by atoms with E-state index in [1.54, 1.807) is 36.4 Å². The van der Waals surface area contributed by atoms with Gasteiger partial charge in [0.1, 0.15) is 11.5 Å². The summed E-state index contributed by atoms with van der Waals surface area (Å²) in [6.07, 6.45) is -2.61. The summed E-state index contributed by atoms with van der Waals surface area (Å²) < 4.78 is 56.6. The van der Waals surface area contributed by atoms with Crippen molar-refractivity contribution in [2.75, 3.05) is 11.9 Å². The minimum atomic E-state index is -4.81. The van der Waals surface area contributed by atoms with Crippen LogP contribution in [-0.2, 0) is 12.7 Å². The van der Waals surface area contributed by atoms with E-state index in [1.165, 1.54) is 24.3 Å². The van der Waals surface area contributed by atoms with Crippen LogP contribution in [-0.4, -0.2) is 22.2 Å². The number of nitrogens with zero attached hydrogens (tertiary/aromatic N) is 3. The molecule has 0 spiro atoms. The normalized spacial score (nSPS) is 14.0. The predicted molar refractivity (Wildman–Crippen MR) is 145 cm³/mol. The maximum absolute atomic E-state index is 15.0. The number of carbonyl (C=O) groups is 1. The Bertz CT molecular complexity index is 1620. The lowest BCUT2D eigenvalue weighted by atomic mass is 9.96. The molecule has 0 radical (unpaired) electrons. The first-order valence-corrected chi connectivity index (χ1v) is 13.0. The smallest absolute Gasteiger partial charge is 0.326 e. The summed E-state index contributed by atoms with van der Waals surface area (Å²) in [6, 6.07) is 19.8. The summed E-state index contributed by atoms with van der Waals surface area (Å²) in [5.41, 5.74) is 6.44. The predicted octanol–water partition coefficient (Wildman–Crippen LogP) is 5.70. The number of halogens is 4. The van der Waals surface area contributed by atoms with Crippen molar-refractivity contribution in [1.82, 2.24) is 15.1 Å². The summed E-state index contributed by atoms with van der Waals surface area (Å²) in [5.74, 6) is -1.21. The highest BCUT2D eigenvalue weighted by molar-refractivity contribution is 6.03. The number of nitriles is 1. The van der Waals surface area contributed by atoms with E-state index >= 15 is 0 Å². The molecular weight excluding hydrogens is 536 g/mol. The summed E-state index contributed by atoms with van der Waals surface area (Å²) in [5, 5.41) is 18.9. The molecule has 1 amide bonds. The number of nitrogens with two attached hydrogens (primary N) is 1. The lowest BCUT2D eigenvalue weighted by molar-refractivity contribution is -0.141. The first kappa shape index (κ1) is 28.0. The van der Waals surface area contributed by atoms with Gasteiger partial charge in [-0.1, -0.05) is 30.3 Å². The first-order valence-electron chi connectivity index (χ1n) is 13.0. The molecule has 3 aromatic carbocycles. The number of nitrogens with one attached hydrogen (secondary N) is 2. The highest BCUT2D eigenvalue weighted by Crippen LogP contribution is 2.33. The lowest BCUT2D eigenvalue weighted by Gasteiger charge is -2.21. The molecule has 0 bridgehead atoms. The SMILES string of the molecule is N#Cc1cccc([C@H](NCC2CC2)c2ccc(F)c(NC(=O)c3cc(C(F)(F)F)nn3-c3cccc(CN)c3)c2)c1. The largest absolute Gasteiger partial charge is 0.435 e. The summed E-state index contributed by atoms with van der Waals surface area (Å²) in [4.78, 5) is 13.3. The van der Waals surface area contributed by atoms with Crippen molar-refractivity contribution in [3.8, 4) is 11.8 Å². The molecule has 7 nitrogen and oxygen atoms in total. The second-order valence-electron chi connectivity index (χ2n) is 9.91. The molecule has 0 aliphatic heterocycles. The first-order chi connectivity index (χ1) is 19.7. The molecule has 1 aliphatic carbocycles. The lowest BCUT2D eigenvalue weighted by Crippen LogP contribution is -2.25. The molecule has 4 aromatic rings. The standard InChI is InChI=1S/C30H26F4N6O/c31-24-10-9-22(28(37-17-18-7-8-18)21-5-1-3-19(11-21)15-35)13-25(24)38-29(41)26-14-27(30(32,33)34)39-40(26)23-6-2-4-20(12-23)16-36/h1-6,9-14,18,28,37H,7-8,16-17,36H2,(H,38,41)/t28-/m0/s1. The molecule has 41 heavy (non-hydrogen) atoms. The Kier molecular flexibility index (Phi) is 7.88. The average molecular weight is 563 g/mol. The molecule has 0 saturated heterocycles. The number of amides is 1. The van der Waals surface area contributed by atoms with Crippen LogP contribution >= 0.6 is 0 Å². The average Bonchev–Trinajstić information content (AvgIpc) is 3.68. The quantitative estimate of drug-likeness (QED) is 0.227. The number of hydrogen-bond acceptors (Lipinski definition) is 5. The van der Waals surface area contributed by atoms with Crippen LogP contribution in [0, 0.1) is 23.1 Å². The minimum absolute atomic E-state index is 0.133. The van der Waals surface area contributed by atoms with Crippen LogP contribution < -0.4 is 16.4 Å². The number of alkyl halides is 3. The zero-order valence-electron chi connectivity index (χ0n) is 21.8. The van der Waals surface area contributed by atoms with Gasteiger partial charge in [0.15, 0.2) is 5.69 Å². The molecule has 0 unspecified atom stereocenters. The highest BCUT2D eigenvalue weighted by Gasteiger charge is 2.36. The molecule has 1 saturated carbocycles. The highest BCUT2D eigenvalue weighted by atomic mass is 19.4. The van der Waals surface area contributed by atoms with E-state index in [-0.39, 0.29) is 17.9 Å². The fraction of sp³-hybridized carbons (Fsp3) is 0.233. The monoisotopic (exact) mass is 562 g/mol. The Hall–Kier alpha value is -4.53. The van der Waals surface area contributed by atoms with Gasteiger partial charge in [0.05, 0.1) is 29.0 Å². The van der Waals surface area contributed by atoms with Gasteiger partial charge in [0.25, 0.3) is 5.91 Å². The van der Waals surface area contributed by atoms with E-state index in [9.17, 15) is 27.6 Å². The Morgan fingerprint density at radius 3 is 2.54 bits per heavy atom. The second kappa shape index (κ2) is 11.5. The number of benzene rings is 3. The molecule has 1 aliphatic rings. The maximum Gasteiger partial charge on any atom is 0.435 e. The van der Waals surface area contributed by atoms with Crippen LogP contribution in [0.25, 0.3) is 5.69 Å². The minimum Gasteiger partial charge on any atom is -0.326 e. The van der Waals surface area contributed by atoms with Crippen LogP contribution in [0.4, 0.5) is 23.2 Å². The fourth-order valence-electron chi connectivity index (χ4n) is 4.52. The molecule has 1 aromatic heterocycles. The number of carbonyl (C=O) groups excluding carboxylic acids is 1. The molecule has 4 N–H and O–H groups in total. The van der Waals surface area contributed by atoms with Gasteiger partial charge in [-0.05, 0) is 78.4 Å². The van der Waals surface area contributed by atoms with E-state index in [0.717, 1.165) is 23.1 Å². The topological polar surface area (TPSA) is 109 Å². The maximum atomic E-state index is 15.0. The zero-order valence-corrected chi connectivity index (χ0v) is 21.8. The number of anilines is 1. The van der Waals surface area contributed by atoms with Gasteiger partial charge in [0, 0.05) is 12.6 Å². The number of hydrogen-bond donors (Lipinski definition) is 3. The van der Waals surface area contributed by atoms with Gasteiger partial charge in [-0.2, -0.15) is 23.5 Å². The van der Waals surface area contributed by atoms with Gasteiger partial charge in [0.2, 0.25) is 0 Å². The van der Waals surface area contributed by atoms with E-state index in [1.807, 2.05) is 6.07 Å². The number of aromatic nitrogens is 2. The van der Waals surface area contributed by atoms with Crippen molar-refractivity contribution in [2.45, 2.75) is 31.6 Å². The van der Waals surface area contributed by atoms with Crippen molar-refractivity contribution in [2.24, 2.45) is 11.7 Å². The van der Waals surface area contributed by atoms with Crippen LogP contribution in [0.3, 0.4) is 0 Å². The molecule has 11 heteroatoms. The number of rotatable bonds is 9. The fourth-order valence-corrected chi connectivity index (χ4v) is 4.52. The van der Waals surface area contributed by atoms with Crippen LogP contribution in [0.5, 0.6) is 0 Å². The Balaban J connectivity index is 1.49. The Morgan fingerprint density at radius 1 is 1.07 bits per heavy atom. The van der Waals surface area contributed by atoms with Gasteiger partial charge < -0.3 is 16.4 Å². The third kappa shape index (κ3) is 6.45. The van der Waals surface area contributed by atoms with Crippen molar-refractivity contribution in [3.05, 3.63) is 112 Å². The van der Waals surface area contributed by atoms with Gasteiger partial charge >= 0.3 is 6.18 Å². The van der Waals surface area contributed by atoms with Gasteiger partial charge in [-0.15, -0.1) is 0 Å². The van der Waals surface area contributed by atoms with Crippen LogP contribution in [0.1, 0.15) is 57.3 Å². The third-order valence-electron chi connectivity index (χ3n) is 6.85. The molecule has 1 heterocycles. The van der Waals surface area contributed by atoms with Crippen molar-refractivity contribution < 1.29 is 22.4 Å². The Morgan fingerprint density at radius 2 is 1.83 bits per heavy atom. The second-order valence-corrected chi connectivity index (χ2v) is 9.91. The summed E-state index contributed by atoms with van der Waals surface area (Å²) >= 11 is 0.